The fourth-order valence-corrected chi connectivity index (χ4v) is 2.50. The standard InChI is InChI=1S/C14H17FO4/c1-9(13(16)17)6-14(7-19-8-14)11-5-10(15)3-4-12(11)18-2/h3-5,9H,6-8H2,1-2H3,(H,16,17). The molecule has 104 valence electrons. The summed E-state index contributed by atoms with van der Waals surface area (Å²) in [5, 5.41) is 9.05. The van der Waals surface area contributed by atoms with Gasteiger partial charge in [-0.25, -0.2) is 4.39 Å². The molecule has 1 aromatic carbocycles. The molecule has 1 unspecified atom stereocenters. The lowest BCUT2D eigenvalue weighted by Crippen LogP contribution is -2.48. The molecule has 1 heterocycles. The zero-order valence-corrected chi connectivity index (χ0v) is 11.0. The zero-order valence-electron chi connectivity index (χ0n) is 11.0. The molecule has 1 aliphatic heterocycles. The van der Waals surface area contributed by atoms with Crippen LogP contribution in [0.4, 0.5) is 4.39 Å². The molecule has 1 aliphatic rings. The van der Waals surface area contributed by atoms with Crippen LogP contribution in [0.3, 0.4) is 0 Å². The van der Waals surface area contributed by atoms with Crippen molar-refractivity contribution < 1.29 is 23.8 Å². The summed E-state index contributed by atoms with van der Waals surface area (Å²) in [6.45, 7) is 2.43. The minimum atomic E-state index is -0.860. The Bertz CT molecular complexity index is 482. The van der Waals surface area contributed by atoms with E-state index in [-0.39, 0.29) is 5.82 Å². The third kappa shape index (κ3) is 2.56. The number of carbonyl (C=O) groups is 1. The molecule has 4 nitrogen and oxygen atoms in total. The zero-order chi connectivity index (χ0) is 14.0. The molecule has 0 radical (unpaired) electrons. The fourth-order valence-electron chi connectivity index (χ4n) is 2.50. The van der Waals surface area contributed by atoms with Crippen molar-refractivity contribution in [3.05, 3.63) is 29.6 Å². The van der Waals surface area contributed by atoms with Gasteiger partial charge in [-0.2, -0.15) is 0 Å². The van der Waals surface area contributed by atoms with Crippen LogP contribution in [0, 0.1) is 11.7 Å². The molecule has 0 amide bonds. The van der Waals surface area contributed by atoms with Crippen molar-refractivity contribution in [2.75, 3.05) is 20.3 Å². The summed E-state index contributed by atoms with van der Waals surface area (Å²) in [6.07, 6.45) is 0.405. The first-order chi connectivity index (χ1) is 8.98. The molecular weight excluding hydrogens is 251 g/mol. The summed E-state index contributed by atoms with van der Waals surface area (Å²) >= 11 is 0. The topological polar surface area (TPSA) is 55.8 Å². The predicted octanol–water partition coefficient (Wildman–Crippen LogP) is 2.21. The SMILES string of the molecule is COc1ccc(F)cc1C1(CC(C)C(=O)O)COC1. The molecule has 1 saturated heterocycles. The minimum Gasteiger partial charge on any atom is -0.496 e. The van der Waals surface area contributed by atoms with Crippen LogP contribution >= 0.6 is 0 Å². The van der Waals surface area contributed by atoms with Gasteiger partial charge in [0.25, 0.3) is 0 Å². The molecule has 1 N–H and O–H groups in total. The summed E-state index contributed by atoms with van der Waals surface area (Å²) in [7, 11) is 1.52. The maximum atomic E-state index is 13.5. The first kappa shape index (κ1) is 13.8. The highest BCUT2D eigenvalue weighted by Crippen LogP contribution is 2.42. The lowest BCUT2D eigenvalue weighted by Gasteiger charge is -2.43. The lowest BCUT2D eigenvalue weighted by atomic mass is 9.72. The summed E-state index contributed by atoms with van der Waals surface area (Å²) < 4.78 is 24.0. The van der Waals surface area contributed by atoms with Crippen molar-refractivity contribution in [2.45, 2.75) is 18.8 Å². The number of benzene rings is 1. The van der Waals surface area contributed by atoms with Crippen molar-refractivity contribution in [3.8, 4) is 5.75 Å². The second-order valence-corrected chi connectivity index (χ2v) is 5.06. The van der Waals surface area contributed by atoms with Crippen LogP contribution in [0.25, 0.3) is 0 Å². The first-order valence-corrected chi connectivity index (χ1v) is 6.13. The van der Waals surface area contributed by atoms with Gasteiger partial charge in [0, 0.05) is 11.0 Å². The normalized spacial score (nSPS) is 18.5. The molecule has 19 heavy (non-hydrogen) atoms. The van der Waals surface area contributed by atoms with Crippen molar-refractivity contribution in [1.82, 2.24) is 0 Å². The maximum Gasteiger partial charge on any atom is 0.306 e. The second-order valence-electron chi connectivity index (χ2n) is 5.06. The van der Waals surface area contributed by atoms with Crippen LogP contribution in [0.5, 0.6) is 5.75 Å². The van der Waals surface area contributed by atoms with E-state index in [0.29, 0.717) is 30.9 Å². The highest BCUT2D eigenvalue weighted by atomic mass is 19.1. The van der Waals surface area contributed by atoms with Gasteiger partial charge in [0.05, 0.1) is 26.2 Å². The number of hydrogen-bond donors (Lipinski definition) is 1. The minimum absolute atomic E-state index is 0.356. The number of ether oxygens (including phenoxy) is 2. The number of halogens is 1. The summed E-state index contributed by atoms with van der Waals surface area (Å²) in [6, 6.07) is 4.31. The average molecular weight is 268 g/mol. The molecular formula is C14H17FO4. The molecule has 0 aromatic heterocycles. The highest BCUT2D eigenvalue weighted by Gasteiger charge is 2.44. The molecule has 0 saturated carbocycles. The van der Waals surface area contributed by atoms with Crippen molar-refractivity contribution in [3.63, 3.8) is 0 Å². The van der Waals surface area contributed by atoms with E-state index in [4.69, 9.17) is 14.6 Å². The van der Waals surface area contributed by atoms with Gasteiger partial charge in [0.2, 0.25) is 0 Å². The van der Waals surface area contributed by atoms with E-state index in [2.05, 4.69) is 0 Å². The van der Waals surface area contributed by atoms with Crippen LogP contribution in [0.2, 0.25) is 0 Å². The van der Waals surface area contributed by atoms with Crippen LogP contribution in [-0.2, 0) is 14.9 Å². The largest absolute Gasteiger partial charge is 0.496 e. The number of carboxylic acid groups (broad SMARTS) is 1. The summed E-state index contributed by atoms with van der Waals surface area (Å²) in [4.78, 5) is 11.0. The summed E-state index contributed by atoms with van der Waals surface area (Å²) in [5.41, 5.74) is 0.222. The maximum absolute atomic E-state index is 13.5. The Hall–Kier alpha value is -1.62. The quantitative estimate of drug-likeness (QED) is 0.889. The highest BCUT2D eigenvalue weighted by molar-refractivity contribution is 5.69. The van der Waals surface area contributed by atoms with Gasteiger partial charge in [-0.3, -0.25) is 4.79 Å². The number of methoxy groups -OCH3 is 1. The second kappa shape index (κ2) is 5.17. The number of rotatable bonds is 5. The van der Waals surface area contributed by atoms with Gasteiger partial charge < -0.3 is 14.6 Å². The van der Waals surface area contributed by atoms with E-state index in [0.717, 1.165) is 0 Å². The number of hydrogen-bond acceptors (Lipinski definition) is 3. The fraction of sp³-hybridized carbons (Fsp3) is 0.500. The molecule has 0 bridgehead atoms. The van der Waals surface area contributed by atoms with Gasteiger partial charge in [0.1, 0.15) is 11.6 Å². The smallest absolute Gasteiger partial charge is 0.306 e. The molecule has 5 heteroatoms. The average Bonchev–Trinajstić information content (AvgIpc) is 2.33. The molecule has 0 spiro atoms. The van der Waals surface area contributed by atoms with Gasteiger partial charge in [-0.05, 0) is 24.6 Å². The first-order valence-electron chi connectivity index (χ1n) is 6.13. The Kier molecular flexibility index (Phi) is 3.75. The monoisotopic (exact) mass is 268 g/mol. The third-order valence-corrected chi connectivity index (χ3v) is 3.61. The van der Waals surface area contributed by atoms with Crippen LogP contribution in [-0.4, -0.2) is 31.4 Å². The van der Waals surface area contributed by atoms with E-state index in [1.165, 1.54) is 19.2 Å². The predicted molar refractivity (Wildman–Crippen MR) is 66.9 cm³/mol. The van der Waals surface area contributed by atoms with Crippen molar-refractivity contribution in [1.29, 1.82) is 0 Å². The van der Waals surface area contributed by atoms with Crippen molar-refractivity contribution in [2.24, 2.45) is 5.92 Å². The van der Waals surface area contributed by atoms with E-state index >= 15 is 0 Å². The molecule has 0 aliphatic carbocycles. The van der Waals surface area contributed by atoms with Gasteiger partial charge in [-0.15, -0.1) is 0 Å². The van der Waals surface area contributed by atoms with E-state index in [1.807, 2.05) is 0 Å². The van der Waals surface area contributed by atoms with E-state index in [1.54, 1.807) is 13.0 Å². The number of carboxylic acids is 1. The number of aliphatic carboxylic acids is 1. The Morgan fingerprint density at radius 2 is 2.26 bits per heavy atom. The van der Waals surface area contributed by atoms with Gasteiger partial charge in [0.15, 0.2) is 0 Å². The summed E-state index contributed by atoms with van der Waals surface area (Å²) in [5.74, 6) is -1.16. The Morgan fingerprint density at radius 3 is 2.74 bits per heavy atom. The van der Waals surface area contributed by atoms with E-state index in [9.17, 15) is 9.18 Å². The molecule has 1 fully saturated rings. The van der Waals surface area contributed by atoms with Crippen LogP contribution in [0.15, 0.2) is 18.2 Å². The lowest BCUT2D eigenvalue weighted by molar-refractivity contribution is -0.144. The Morgan fingerprint density at radius 1 is 1.58 bits per heavy atom. The molecule has 1 atom stereocenters. The van der Waals surface area contributed by atoms with Crippen LogP contribution in [0.1, 0.15) is 18.9 Å². The van der Waals surface area contributed by atoms with Crippen molar-refractivity contribution >= 4 is 5.97 Å². The molecule has 1 aromatic rings. The van der Waals surface area contributed by atoms with Crippen LogP contribution < -0.4 is 4.74 Å². The van der Waals surface area contributed by atoms with Gasteiger partial charge >= 0.3 is 5.97 Å². The van der Waals surface area contributed by atoms with Gasteiger partial charge in [-0.1, -0.05) is 6.92 Å². The Labute approximate surface area is 111 Å². The van der Waals surface area contributed by atoms with E-state index < -0.39 is 17.3 Å². The molecule has 2 rings (SSSR count). The Balaban J connectivity index is 2.35. The third-order valence-electron chi connectivity index (χ3n) is 3.61.